The van der Waals surface area contributed by atoms with E-state index in [0.29, 0.717) is 0 Å². The van der Waals surface area contributed by atoms with E-state index in [0.717, 1.165) is 0 Å². The summed E-state index contributed by atoms with van der Waals surface area (Å²) in [6, 6.07) is 6.50. The minimum Gasteiger partial charge on any atom is -0.465 e. The van der Waals surface area contributed by atoms with Crippen molar-refractivity contribution in [2.75, 3.05) is 0 Å². The fourth-order valence-corrected chi connectivity index (χ4v) is 1.27. The summed E-state index contributed by atoms with van der Waals surface area (Å²) in [7, 11) is 0. The van der Waals surface area contributed by atoms with Crippen molar-refractivity contribution >= 4 is 5.78 Å². The number of aliphatic hydroxyl groups excluding tert-OH is 1. The van der Waals surface area contributed by atoms with Gasteiger partial charge in [-0.3, -0.25) is 4.79 Å². The Morgan fingerprint density at radius 1 is 1.38 bits per heavy atom. The predicted octanol–water partition coefficient (Wildman–Crippen LogP) is 1.36. The first kappa shape index (κ1) is 12.7. The van der Waals surface area contributed by atoms with Crippen LogP contribution in [0.3, 0.4) is 0 Å². The Hall–Kier alpha value is -1.39. The van der Waals surface area contributed by atoms with Gasteiger partial charge in [0.05, 0.1) is 5.56 Å². The van der Waals surface area contributed by atoms with E-state index in [1.807, 2.05) is 0 Å². The molecule has 16 heavy (non-hydrogen) atoms. The molecule has 0 heterocycles. The van der Waals surface area contributed by atoms with E-state index in [-0.39, 0.29) is 11.3 Å². The second kappa shape index (κ2) is 4.63. The molecule has 2 N–H and O–H groups in total. The van der Waals surface area contributed by atoms with Gasteiger partial charge < -0.3 is 14.9 Å². The first-order valence-electron chi connectivity index (χ1n) is 5.03. The molecular formula is C12H16O4. The number of hydrogen-bond donors (Lipinski definition) is 2. The van der Waals surface area contributed by atoms with E-state index in [9.17, 15) is 9.90 Å². The van der Waals surface area contributed by atoms with Gasteiger partial charge in [-0.25, -0.2) is 0 Å². The Kier molecular flexibility index (Phi) is 3.67. The first-order valence-corrected chi connectivity index (χ1v) is 5.03. The number of benzene rings is 1. The van der Waals surface area contributed by atoms with E-state index in [1.165, 1.54) is 20.8 Å². The molecule has 4 nitrogen and oxygen atoms in total. The van der Waals surface area contributed by atoms with E-state index in [4.69, 9.17) is 9.84 Å². The van der Waals surface area contributed by atoms with Gasteiger partial charge in [0.2, 0.25) is 0 Å². The quantitative estimate of drug-likeness (QED) is 0.598. The Bertz CT molecular complexity index is 377. The van der Waals surface area contributed by atoms with Gasteiger partial charge in [-0.05, 0) is 32.9 Å². The molecule has 1 aromatic carbocycles. The second-order valence-electron chi connectivity index (χ2n) is 4.10. The Labute approximate surface area is 94.5 Å². The molecule has 0 aliphatic carbocycles. The molecule has 0 saturated heterocycles. The normalized spacial score (nSPS) is 13.3. The molecule has 0 fully saturated rings. The van der Waals surface area contributed by atoms with Gasteiger partial charge in [-0.15, -0.1) is 0 Å². The van der Waals surface area contributed by atoms with E-state index >= 15 is 0 Å². The van der Waals surface area contributed by atoms with Gasteiger partial charge in [0.15, 0.2) is 12.1 Å². The van der Waals surface area contributed by atoms with Crippen molar-refractivity contribution in [1.82, 2.24) is 0 Å². The van der Waals surface area contributed by atoms with Crippen molar-refractivity contribution in [3.05, 3.63) is 29.8 Å². The number of para-hydroxylation sites is 1. The lowest BCUT2D eigenvalue weighted by atomic mass is 9.96. The fraction of sp³-hybridized carbons (Fsp3) is 0.417. The summed E-state index contributed by atoms with van der Waals surface area (Å²) in [6.07, 6.45) is -1.00. The maximum absolute atomic E-state index is 11.9. The van der Waals surface area contributed by atoms with Gasteiger partial charge >= 0.3 is 0 Å². The molecule has 0 radical (unpaired) electrons. The van der Waals surface area contributed by atoms with E-state index < -0.39 is 17.7 Å². The van der Waals surface area contributed by atoms with Gasteiger partial charge in [0.1, 0.15) is 11.4 Å². The maximum Gasteiger partial charge on any atom is 0.197 e. The summed E-state index contributed by atoms with van der Waals surface area (Å²) in [5, 5.41) is 18.7. The van der Waals surface area contributed by atoms with Crippen molar-refractivity contribution in [3.63, 3.8) is 0 Å². The van der Waals surface area contributed by atoms with Crippen molar-refractivity contribution < 1.29 is 19.7 Å². The zero-order valence-electron chi connectivity index (χ0n) is 9.60. The lowest BCUT2D eigenvalue weighted by Crippen LogP contribution is -2.31. The molecular weight excluding hydrogens is 208 g/mol. The van der Waals surface area contributed by atoms with Crippen LogP contribution in [-0.4, -0.2) is 27.9 Å². The molecule has 4 heteroatoms. The largest absolute Gasteiger partial charge is 0.465 e. The van der Waals surface area contributed by atoms with Gasteiger partial charge in [-0.2, -0.15) is 0 Å². The standard InChI is InChI=1S/C12H16O4/c1-8(13)16-10-7-5-4-6-9(10)11(14)12(2,3)15/h4-8,13,15H,1-3H3. The molecule has 1 unspecified atom stereocenters. The Balaban J connectivity index is 3.09. The van der Waals surface area contributed by atoms with Crippen LogP contribution in [0.25, 0.3) is 0 Å². The smallest absolute Gasteiger partial charge is 0.197 e. The highest BCUT2D eigenvalue weighted by Crippen LogP contribution is 2.23. The third-order valence-corrected chi connectivity index (χ3v) is 1.98. The number of ketones is 1. The molecule has 0 bridgehead atoms. The van der Waals surface area contributed by atoms with Crippen LogP contribution >= 0.6 is 0 Å². The molecule has 88 valence electrons. The Morgan fingerprint density at radius 3 is 2.44 bits per heavy atom. The average Bonchev–Trinajstić information content (AvgIpc) is 2.15. The number of carbonyl (C=O) groups is 1. The number of hydrogen-bond acceptors (Lipinski definition) is 4. The van der Waals surface area contributed by atoms with Crippen molar-refractivity contribution in [3.8, 4) is 5.75 Å². The molecule has 0 spiro atoms. The lowest BCUT2D eigenvalue weighted by molar-refractivity contribution is -0.00150. The van der Waals surface area contributed by atoms with E-state index in [1.54, 1.807) is 24.3 Å². The number of aliphatic hydroxyl groups is 2. The van der Waals surface area contributed by atoms with Crippen LogP contribution < -0.4 is 4.74 Å². The molecule has 1 rings (SSSR count). The lowest BCUT2D eigenvalue weighted by Gasteiger charge is -2.18. The highest BCUT2D eigenvalue weighted by molar-refractivity contribution is 6.03. The van der Waals surface area contributed by atoms with Crippen LogP contribution in [0.2, 0.25) is 0 Å². The summed E-state index contributed by atoms with van der Waals surface area (Å²) >= 11 is 0. The number of rotatable bonds is 4. The topological polar surface area (TPSA) is 66.8 Å². The van der Waals surface area contributed by atoms with Crippen molar-refractivity contribution in [1.29, 1.82) is 0 Å². The van der Waals surface area contributed by atoms with Crippen LogP contribution in [0.4, 0.5) is 0 Å². The van der Waals surface area contributed by atoms with Crippen LogP contribution in [0.1, 0.15) is 31.1 Å². The SMILES string of the molecule is CC(O)Oc1ccccc1C(=O)C(C)(C)O. The minimum atomic E-state index is -1.46. The van der Waals surface area contributed by atoms with Crippen LogP contribution in [0, 0.1) is 0 Å². The zero-order valence-corrected chi connectivity index (χ0v) is 9.60. The van der Waals surface area contributed by atoms with Crippen LogP contribution in [0.5, 0.6) is 5.75 Å². The molecule has 0 aromatic heterocycles. The number of Topliss-reactive ketones (excluding diaryl/α,β-unsaturated/α-hetero) is 1. The van der Waals surface area contributed by atoms with E-state index in [2.05, 4.69) is 0 Å². The molecule has 0 aliphatic rings. The predicted molar refractivity (Wildman–Crippen MR) is 59.4 cm³/mol. The summed E-state index contributed by atoms with van der Waals surface area (Å²) in [5.41, 5.74) is -1.20. The highest BCUT2D eigenvalue weighted by Gasteiger charge is 2.27. The monoisotopic (exact) mass is 224 g/mol. The molecule has 0 amide bonds. The average molecular weight is 224 g/mol. The first-order chi connectivity index (χ1) is 7.32. The van der Waals surface area contributed by atoms with Crippen LogP contribution in [-0.2, 0) is 0 Å². The maximum atomic E-state index is 11.9. The third-order valence-electron chi connectivity index (χ3n) is 1.98. The number of ether oxygens (including phenoxy) is 1. The van der Waals surface area contributed by atoms with Crippen molar-refractivity contribution in [2.24, 2.45) is 0 Å². The molecule has 1 aromatic rings. The number of carbonyl (C=O) groups excluding carboxylic acids is 1. The summed E-state index contributed by atoms with van der Waals surface area (Å²) < 4.78 is 5.09. The molecule has 1 atom stereocenters. The van der Waals surface area contributed by atoms with Gasteiger partial charge in [0, 0.05) is 0 Å². The molecule has 0 aliphatic heterocycles. The summed E-state index contributed by atoms with van der Waals surface area (Å²) in [6.45, 7) is 4.27. The van der Waals surface area contributed by atoms with Crippen LogP contribution in [0.15, 0.2) is 24.3 Å². The minimum absolute atomic E-state index is 0.260. The highest BCUT2D eigenvalue weighted by atomic mass is 16.6. The van der Waals surface area contributed by atoms with Crippen molar-refractivity contribution in [2.45, 2.75) is 32.7 Å². The van der Waals surface area contributed by atoms with Gasteiger partial charge in [0.25, 0.3) is 0 Å². The third kappa shape index (κ3) is 3.05. The molecule has 0 saturated carbocycles. The fourth-order valence-electron chi connectivity index (χ4n) is 1.27. The second-order valence-corrected chi connectivity index (χ2v) is 4.10. The summed E-state index contributed by atoms with van der Waals surface area (Å²) in [4.78, 5) is 11.9. The zero-order chi connectivity index (χ0) is 12.3. The van der Waals surface area contributed by atoms with Gasteiger partial charge in [-0.1, -0.05) is 12.1 Å². The Morgan fingerprint density at radius 2 is 1.94 bits per heavy atom. The summed E-state index contributed by atoms with van der Waals surface area (Å²) in [5.74, 6) is -0.173.